The van der Waals surface area contributed by atoms with E-state index in [0.29, 0.717) is 12.6 Å². The predicted molar refractivity (Wildman–Crippen MR) is 74.8 cm³/mol. The van der Waals surface area contributed by atoms with Gasteiger partial charge in [0.05, 0.1) is 6.04 Å². The van der Waals surface area contributed by atoms with Crippen LogP contribution in [-0.4, -0.2) is 13.7 Å². The first-order chi connectivity index (χ1) is 9.31. The van der Waals surface area contributed by atoms with Crippen molar-refractivity contribution >= 4 is 0 Å². The Kier molecular flexibility index (Phi) is 3.94. The van der Waals surface area contributed by atoms with Crippen molar-refractivity contribution in [1.82, 2.24) is 5.32 Å². The Morgan fingerprint density at radius 3 is 2.79 bits per heavy atom. The normalized spacial score (nSPS) is 30.3. The van der Waals surface area contributed by atoms with E-state index in [1.165, 1.54) is 25.7 Å². The molecule has 2 aliphatic rings. The van der Waals surface area contributed by atoms with Crippen molar-refractivity contribution in [2.45, 2.75) is 45.3 Å². The zero-order valence-corrected chi connectivity index (χ0v) is 12.0. The summed E-state index contributed by atoms with van der Waals surface area (Å²) in [5.41, 5.74) is 0. The third-order valence-corrected chi connectivity index (χ3v) is 4.64. The highest BCUT2D eigenvalue weighted by atomic mass is 16.5. The van der Waals surface area contributed by atoms with Gasteiger partial charge in [-0.15, -0.1) is 0 Å². The van der Waals surface area contributed by atoms with Gasteiger partial charge in [-0.25, -0.2) is 0 Å². The van der Waals surface area contributed by atoms with E-state index in [0.717, 1.165) is 35.8 Å². The summed E-state index contributed by atoms with van der Waals surface area (Å²) >= 11 is 0. The molecule has 1 aromatic rings. The number of ether oxygens (including phenoxy) is 1. The van der Waals surface area contributed by atoms with Gasteiger partial charge < -0.3 is 14.5 Å². The number of fused-ring (bicyclic) bond motifs is 1. The van der Waals surface area contributed by atoms with Gasteiger partial charge in [-0.1, -0.05) is 6.92 Å². The number of nitrogens with one attached hydrogen (secondary N) is 1. The van der Waals surface area contributed by atoms with Crippen LogP contribution in [0.1, 0.15) is 50.2 Å². The molecule has 3 unspecified atom stereocenters. The van der Waals surface area contributed by atoms with Crippen LogP contribution in [0.3, 0.4) is 0 Å². The first-order valence-electron chi connectivity index (χ1n) is 7.62. The zero-order chi connectivity index (χ0) is 13.2. The van der Waals surface area contributed by atoms with Crippen molar-refractivity contribution < 1.29 is 9.15 Å². The molecule has 0 amide bonds. The standard InChI is InChI=1S/C16H25NO2/c1-3-6-17-16(13-8-11-7-12(11)9-13)15-5-4-14(19-15)10-18-2/h4-5,11-13,16-17H,3,6-10H2,1-2H3. The smallest absolute Gasteiger partial charge is 0.129 e. The van der Waals surface area contributed by atoms with Gasteiger partial charge in [-0.3, -0.25) is 0 Å². The summed E-state index contributed by atoms with van der Waals surface area (Å²) in [5.74, 6) is 4.83. The summed E-state index contributed by atoms with van der Waals surface area (Å²) < 4.78 is 11.1. The lowest BCUT2D eigenvalue weighted by Gasteiger charge is -2.24. The Bertz CT molecular complexity index is 405. The molecule has 0 spiro atoms. The molecule has 1 N–H and O–H groups in total. The van der Waals surface area contributed by atoms with Crippen LogP contribution < -0.4 is 5.32 Å². The molecule has 1 heterocycles. The zero-order valence-electron chi connectivity index (χ0n) is 12.0. The average Bonchev–Trinajstić information content (AvgIpc) is 2.83. The maximum Gasteiger partial charge on any atom is 0.129 e. The minimum atomic E-state index is 0.401. The predicted octanol–water partition coefficient (Wildman–Crippen LogP) is 3.51. The van der Waals surface area contributed by atoms with Crippen LogP contribution in [0.4, 0.5) is 0 Å². The lowest BCUT2D eigenvalue weighted by Crippen LogP contribution is -2.28. The molecular formula is C16H25NO2. The summed E-state index contributed by atoms with van der Waals surface area (Å²) in [6.07, 6.45) is 5.41. The topological polar surface area (TPSA) is 34.4 Å². The number of furan rings is 1. The summed E-state index contributed by atoms with van der Waals surface area (Å²) in [6, 6.07) is 4.58. The molecule has 2 fully saturated rings. The molecule has 0 aliphatic heterocycles. The monoisotopic (exact) mass is 263 g/mol. The summed E-state index contributed by atoms with van der Waals surface area (Å²) in [7, 11) is 1.71. The second-order valence-corrected chi connectivity index (χ2v) is 6.16. The van der Waals surface area contributed by atoms with Crippen LogP contribution in [0.2, 0.25) is 0 Å². The van der Waals surface area contributed by atoms with Crippen LogP contribution >= 0.6 is 0 Å². The molecule has 3 rings (SSSR count). The molecule has 2 aliphatic carbocycles. The van der Waals surface area contributed by atoms with E-state index in [-0.39, 0.29) is 0 Å². The van der Waals surface area contributed by atoms with Crippen molar-refractivity contribution in [2.24, 2.45) is 17.8 Å². The van der Waals surface area contributed by atoms with Crippen molar-refractivity contribution in [1.29, 1.82) is 0 Å². The lowest BCUT2D eigenvalue weighted by atomic mass is 9.92. The largest absolute Gasteiger partial charge is 0.462 e. The molecule has 0 radical (unpaired) electrons. The highest BCUT2D eigenvalue weighted by Gasteiger charge is 2.48. The Morgan fingerprint density at radius 2 is 2.11 bits per heavy atom. The fourth-order valence-corrected chi connectivity index (χ4v) is 3.61. The minimum absolute atomic E-state index is 0.401. The molecular weight excluding hydrogens is 238 g/mol. The van der Waals surface area contributed by atoms with Crippen LogP contribution in [0.15, 0.2) is 16.5 Å². The maximum atomic E-state index is 5.96. The fourth-order valence-electron chi connectivity index (χ4n) is 3.61. The summed E-state index contributed by atoms with van der Waals surface area (Å²) in [4.78, 5) is 0. The molecule has 3 nitrogen and oxygen atoms in total. The Balaban J connectivity index is 1.69. The maximum absolute atomic E-state index is 5.96. The van der Waals surface area contributed by atoms with E-state index >= 15 is 0 Å². The number of hydrogen-bond donors (Lipinski definition) is 1. The average molecular weight is 263 g/mol. The number of methoxy groups -OCH3 is 1. The Hall–Kier alpha value is -0.800. The van der Waals surface area contributed by atoms with E-state index in [9.17, 15) is 0 Å². The first kappa shape index (κ1) is 13.2. The molecule has 0 saturated heterocycles. The van der Waals surface area contributed by atoms with Crippen molar-refractivity contribution in [2.75, 3.05) is 13.7 Å². The van der Waals surface area contributed by atoms with Gasteiger partial charge in [0.1, 0.15) is 18.1 Å². The van der Waals surface area contributed by atoms with Gasteiger partial charge in [-0.05, 0) is 62.1 Å². The van der Waals surface area contributed by atoms with Crippen molar-refractivity contribution in [3.63, 3.8) is 0 Å². The van der Waals surface area contributed by atoms with Gasteiger partial charge in [0.15, 0.2) is 0 Å². The van der Waals surface area contributed by atoms with E-state index < -0.39 is 0 Å². The quantitative estimate of drug-likeness (QED) is 0.817. The molecule has 1 aromatic heterocycles. The van der Waals surface area contributed by atoms with Gasteiger partial charge in [-0.2, -0.15) is 0 Å². The minimum Gasteiger partial charge on any atom is -0.462 e. The Labute approximate surface area is 115 Å². The molecule has 3 heteroatoms. The first-order valence-corrected chi connectivity index (χ1v) is 7.62. The molecule has 2 saturated carbocycles. The molecule has 0 bridgehead atoms. The van der Waals surface area contributed by atoms with E-state index in [1.807, 2.05) is 0 Å². The number of hydrogen-bond acceptors (Lipinski definition) is 3. The van der Waals surface area contributed by atoms with Crippen LogP contribution in [0.25, 0.3) is 0 Å². The number of rotatable bonds is 7. The van der Waals surface area contributed by atoms with Gasteiger partial charge in [0, 0.05) is 7.11 Å². The fraction of sp³-hybridized carbons (Fsp3) is 0.750. The summed E-state index contributed by atoms with van der Waals surface area (Å²) in [6.45, 7) is 3.85. The van der Waals surface area contributed by atoms with Crippen LogP contribution in [0, 0.1) is 17.8 Å². The van der Waals surface area contributed by atoms with Crippen molar-refractivity contribution in [3.8, 4) is 0 Å². The summed E-state index contributed by atoms with van der Waals surface area (Å²) in [5, 5.41) is 3.69. The van der Waals surface area contributed by atoms with E-state index in [1.54, 1.807) is 7.11 Å². The molecule has 3 atom stereocenters. The molecule has 106 valence electrons. The second-order valence-electron chi connectivity index (χ2n) is 6.16. The van der Waals surface area contributed by atoms with Crippen LogP contribution in [0.5, 0.6) is 0 Å². The van der Waals surface area contributed by atoms with E-state index in [4.69, 9.17) is 9.15 Å². The van der Waals surface area contributed by atoms with Gasteiger partial charge in [0.25, 0.3) is 0 Å². The van der Waals surface area contributed by atoms with E-state index in [2.05, 4.69) is 24.4 Å². The highest BCUT2D eigenvalue weighted by molar-refractivity contribution is 5.13. The highest BCUT2D eigenvalue weighted by Crippen LogP contribution is 2.57. The van der Waals surface area contributed by atoms with Crippen LogP contribution in [-0.2, 0) is 11.3 Å². The SMILES string of the molecule is CCCNC(c1ccc(COC)o1)C1CC2CC2C1. The Morgan fingerprint density at radius 1 is 1.32 bits per heavy atom. The third-order valence-electron chi connectivity index (χ3n) is 4.64. The van der Waals surface area contributed by atoms with Gasteiger partial charge >= 0.3 is 0 Å². The molecule has 0 aromatic carbocycles. The second kappa shape index (κ2) is 5.68. The molecule has 19 heavy (non-hydrogen) atoms. The third kappa shape index (κ3) is 2.87. The lowest BCUT2D eigenvalue weighted by molar-refractivity contribution is 0.159. The van der Waals surface area contributed by atoms with Gasteiger partial charge in [0.2, 0.25) is 0 Å². The van der Waals surface area contributed by atoms with Crippen molar-refractivity contribution in [3.05, 3.63) is 23.7 Å².